The van der Waals surface area contributed by atoms with Crippen molar-refractivity contribution in [2.45, 2.75) is 13.1 Å². The Bertz CT molecular complexity index is 683. The quantitative estimate of drug-likeness (QED) is 0.836. The van der Waals surface area contributed by atoms with Crippen molar-refractivity contribution in [2.24, 2.45) is 0 Å². The molecule has 0 radical (unpaired) electrons. The molecule has 1 heterocycles. The van der Waals surface area contributed by atoms with Crippen molar-refractivity contribution in [3.8, 4) is 0 Å². The van der Waals surface area contributed by atoms with Crippen LogP contribution in [0.4, 0.5) is 24.7 Å². The molecule has 1 aromatic heterocycles. The van der Waals surface area contributed by atoms with Gasteiger partial charge in [-0.3, -0.25) is 4.79 Å². The normalized spacial score (nSPS) is 11.2. The predicted molar refractivity (Wildman–Crippen MR) is 72.8 cm³/mol. The molecule has 0 saturated heterocycles. The van der Waals surface area contributed by atoms with Gasteiger partial charge < -0.3 is 11.1 Å². The number of alkyl halides is 3. The number of rotatable bonds is 2. The number of aryl methyl sites for hydroxylation is 1. The summed E-state index contributed by atoms with van der Waals surface area (Å²) in [4.78, 5) is 16.0. The van der Waals surface area contributed by atoms with E-state index in [1.165, 1.54) is 12.3 Å². The maximum atomic E-state index is 12.8. The molecule has 2 aromatic rings. The number of carbonyl (C=O) groups excluding carboxylic acids is 1. The topological polar surface area (TPSA) is 68.0 Å². The molecule has 0 unspecified atom stereocenters. The predicted octanol–water partition coefficient (Wildman–Crippen LogP) is 3.24. The number of aromatic nitrogens is 1. The second kappa shape index (κ2) is 5.43. The molecule has 1 aromatic carbocycles. The summed E-state index contributed by atoms with van der Waals surface area (Å²) in [5.74, 6) is -0.459. The van der Waals surface area contributed by atoms with Gasteiger partial charge in [0, 0.05) is 6.20 Å². The lowest BCUT2D eigenvalue weighted by Crippen LogP contribution is -2.18. The van der Waals surface area contributed by atoms with E-state index in [2.05, 4.69) is 10.3 Å². The van der Waals surface area contributed by atoms with E-state index in [1.807, 2.05) is 0 Å². The van der Waals surface area contributed by atoms with Crippen molar-refractivity contribution >= 4 is 17.4 Å². The number of nitrogens with two attached hydrogens (primary N) is 1. The minimum atomic E-state index is -4.61. The fraction of sp³-hybridized carbons (Fsp3) is 0.143. The van der Waals surface area contributed by atoms with Crippen LogP contribution in [-0.2, 0) is 6.18 Å². The number of hydrogen-bond donors (Lipinski definition) is 2. The average molecular weight is 295 g/mol. The molecule has 0 atom stereocenters. The van der Waals surface area contributed by atoms with Crippen LogP contribution in [0.15, 0.2) is 36.5 Å². The number of nitrogen functional groups attached to an aromatic ring is 1. The third-order valence-electron chi connectivity index (χ3n) is 2.90. The zero-order valence-corrected chi connectivity index (χ0v) is 11.0. The first-order chi connectivity index (χ1) is 9.80. The van der Waals surface area contributed by atoms with Crippen molar-refractivity contribution in [1.29, 1.82) is 0 Å². The largest absolute Gasteiger partial charge is 0.418 e. The van der Waals surface area contributed by atoms with Crippen molar-refractivity contribution in [1.82, 2.24) is 4.98 Å². The fourth-order valence-electron chi connectivity index (χ4n) is 1.80. The Balaban J connectivity index is 2.35. The van der Waals surface area contributed by atoms with E-state index in [0.717, 1.165) is 12.1 Å². The van der Waals surface area contributed by atoms with Crippen LogP contribution in [0.1, 0.15) is 21.5 Å². The molecule has 21 heavy (non-hydrogen) atoms. The molecule has 7 heteroatoms. The summed E-state index contributed by atoms with van der Waals surface area (Å²) in [6.45, 7) is 1.72. The molecule has 0 aliphatic rings. The molecule has 110 valence electrons. The smallest absolute Gasteiger partial charge is 0.398 e. The molecule has 2 rings (SSSR count). The standard InChI is InChI=1S/C14H12F3N3O/c1-8-4-3-7-19-12(8)20-13(21)9-5-2-6-10(11(9)18)14(15,16)17/h2-7H,18H2,1H3,(H,19,20,21). The van der Waals surface area contributed by atoms with Crippen LogP contribution in [0.2, 0.25) is 0 Å². The number of carbonyl (C=O) groups is 1. The summed E-state index contributed by atoms with van der Waals surface area (Å²) >= 11 is 0. The van der Waals surface area contributed by atoms with E-state index in [9.17, 15) is 18.0 Å². The Hall–Kier alpha value is -2.57. The van der Waals surface area contributed by atoms with Crippen molar-refractivity contribution in [3.63, 3.8) is 0 Å². The Morgan fingerprint density at radius 3 is 2.57 bits per heavy atom. The lowest BCUT2D eigenvalue weighted by molar-refractivity contribution is -0.136. The van der Waals surface area contributed by atoms with Gasteiger partial charge in [0.05, 0.1) is 16.8 Å². The van der Waals surface area contributed by atoms with E-state index in [1.54, 1.807) is 19.1 Å². The average Bonchev–Trinajstić information content (AvgIpc) is 2.40. The number of halogens is 3. The van der Waals surface area contributed by atoms with E-state index >= 15 is 0 Å². The van der Waals surface area contributed by atoms with Gasteiger partial charge in [0.15, 0.2) is 0 Å². The Kier molecular flexibility index (Phi) is 3.84. The number of nitrogens with zero attached hydrogens (tertiary/aromatic N) is 1. The van der Waals surface area contributed by atoms with Gasteiger partial charge in [0.25, 0.3) is 5.91 Å². The summed E-state index contributed by atoms with van der Waals surface area (Å²) in [5.41, 5.74) is 4.28. The first kappa shape index (κ1) is 14.8. The number of amides is 1. The number of hydrogen-bond acceptors (Lipinski definition) is 3. The number of anilines is 2. The monoisotopic (exact) mass is 295 g/mol. The van der Waals surface area contributed by atoms with Gasteiger partial charge in [-0.15, -0.1) is 0 Å². The highest BCUT2D eigenvalue weighted by molar-refractivity contribution is 6.08. The second-order valence-electron chi connectivity index (χ2n) is 4.39. The third kappa shape index (κ3) is 3.13. The van der Waals surface area contributed by atoms with Gasteiger partial charge in [0.1, 0.15) is 5.82 Å². The zero-order chi connectivity index (χ0) is 15.6. The van der Waals surface area contributed by atoms with E-state index in [0.29, 0.717) is 5.56 Å². The Labute approximate surface area is 118 Å². The summed E-state index contributed by atoms with van der Waals surface area (Å²) in [5, 5.41) is 2.45. The molecule has 0 bridgehead atoms. The van der Waals surface area contributed by atoms with Crippen LogP contribution in [0.3, 0.4) is 0 Å². The molecule has 0 saturated carbocycles. The van der Waals surface area contributed by atoms with E-state index in [4.69, 9.17) is 5.73 Å². The Morgan fingerprint density at radius 1 is 1.24 bits per heavy atom. The van der Waals surface area contributed by atoms with Gasteiger partial charge in [0.2, 0.25) is 0 Å². The fourth-order valence-corrected chi connectivity index (χ4v) is 1.80. The van der Waals surface area contributed by atoms with Crippen LogP contribution >= 0.6 is 0 Å². The second-order valence-corrected chi connectivity index (χ2v) is 4.39. The molecule has 3 N–H and O–H groups in total. The van der Waals surface area contributed by atoms with Crippen molar-refractivity contribution < 1.29 is 18.0 Å². The lowest BCUT2D eigenvalue weighted by atomic mass is 10.1. The van der Waals surface area contributed by atoms with E-state index < -0.39 is 23.3 Å². The maximum absolute atomic E-state index is 12.8. The molecule has 0 fully saturated rings. The van der Waals surface area contributed by atoms with Gasteiger partial charge in [-0.05, 0) is 30.7 Å². The summed E-state index contributed by atoms with van der Waals surface area (Å²) in [6, 6.07) is 6.61. The summed E-state index contributed by atoms with van der Waals surface area (Å²) < 4.78 is 38.3. The third-order valence-corrected chi connectivity index (χ3v) is 2.90. The highest BCUT2D eigenvalue weighted by atomic mass is 19.4. The molecular formula is C14H12F3N3O. The van der Waals surface area contributed by atoms with Crippen molar-refractivity contribution in [2.75, 3.05) is 11.1 Å². The Morgan fingerprint density at radius 2 is 1.95 bits per heavy atom. The zero-order valence-electron chi connectivity index (χ0n) is 11.0. The van der Waals surface area contributed by atoms with Crippen LogP contribution in [0.5, 0.6) is 0 Å². The highest BCUT2D eigenvalue weighted by Crippen LogP contribution is 2.35. The molecule has 0 aliphatic carbocycles. The number of benzene rings is 1. The minimum Gasteiger partial charge on any atom is -0.398 e. The highest BCUT2D eigenvalue weighted by Gasteiger charge is 2.34. The van der Waals surface area contributed by atoms with Crippen LogP contribution in [0, 0.1) is 6.92 Å². The first-order valence-corrected chi connectivity index (χ1v) is 5.99. The number of para-hydroxylation sites is 1. The molecule has 4 nitrogen and oxygen atoms in total. The number of pyridine rings is 1. The molecule has 0 spiro atoms. The van der Waals surface area contributed by atoms with Crippen LogP contribution in [-0.4, -0.2) is 10.9 Å². The van der Waals surface area contributed by atoms with Crippen LogP contribution in [0.25, 0.3) is 0 Å². The van der Waals surface area contributed by atoms with Gasteiger partial charge in [-0.1, -0.05) is 12.1 Å². The van der Waals surface area contributed by atoms with Gasteiger partial charge in [-0.2, -0.15) is 13.2 Å². The van der Waals surface area contributed by atoms with E-state index in [-0.39, 0.29) is 11.4 Å². The molecular weight excluding hydrogens is 283 g/mol. The molecule has 0 aliphatic heterocycles. The maximum Gasteiger partial charge on any atom is 0.418 e. The summed E-state index contributed by atoms with van der Waals surface area (Å²) in [6.07, 6.45) is -3.14. The minimum absolute atomic E-state index is 0.241. The van der Waals surface area contributed by atoms with Crippen molar-refractivity contribution in [3.05, 3.63) is 53.2 Å². The summed E-state index contributed by atoms with van der Waals surface area (Å²) in [7, 11) is 0. The molecule has 1 amide bonds. The number of nitrogens with one attached hydrogen (secondary N) is 1. The van der Waals surface area contributed by atoms with Gasteiger partial charge in [-0.25, -0.2) is 4.98 Å². The SMILES string of the molecule is Cc1cccnc1NC(=O)c1cccc(C(F)(F)F)c1N. The van der Waals surface area contributed by atoms with Crippen LogP contribution < -0.4 is 11.1 Å². The first-order valence-electron chi connectivity index (χ1n) is 5.99. The lowest BCUT2D eigenvalue weighted by Gasteiger charge is -2.13. The van der Waals surface area contributed by atoms with Gasteiger partial charge >= 0.3 is 6.18 Å².